The average Bonchev–Trinajstić information content (AvgIpc) is 2.70. The number of hydrogen-bond donors (Lipinski definition) is 2. The topological polar surface area (TPSA) is 79.4 Å². The fourth-order valence-corrected chi connectivity index (χ4v) is 2.41. The minimum atomic E-state index is -0.223. The third-order valence-electron chi connectivity index (χ3n) is 3.85. The number of carbonyl (C=O) groups excluding carboxylic acids is 1. The Balaban J connectivity index is 1.60. The highest BCUT2D eigenvalue weighted by Gasteiger charge is 2.08. The van der Waals surface area contributed by atoms with Crippen molar-refractivity contribution < 1.29 is 9.53 Å². The summed E-state index contributed by atoms with van der Waals surface area (Å²) in [5, 5.41) is 6.01. The van der Waals surface area contributed by atoms with E-state index in [1.54, 1.807) is 6.07 Å². The third kappa shape index (κ3) is 5.78. The SMILES string of the molecule is CN(C)CCNC(=O)c1cc(Nc2ccc(Oc3ccccc3)cc2)ncn1. The van der Waals surface area contributed by atoms with E-state index in [9.17, 15) is 4.79 Å². The van der Waals surface area contributed by atoms with Crippen LogP contribution in [0.4, 0.5) is 11.5 Å². The Morgan fingerprint density at radius 2 is 1.71 bits per heavy atom. The zero-order valence-electron chi connectivity index (χ0n) is 15.9. The lowest BCUT2D eigenvalue weighted by molar-refractivity contribution is 0.0946. The number of nitrogens with zero attached hydrogens (tertiary/aromatic N) is 3. The maximum absolute atomic E-state index is 12.2. The quantitative estimate of drug-likeness (QED) is 0.627. The molecule has 0 atom stereocenters. The second kappa shape index (κ2) is 9.48. The maximum Gasteiger partial charge on any atom is 0.270 e. The van der Waals surface area contributed by atoms with Gasteiger partial charge in [0.25, 0.3) is 5.91 Å². The van der Waals surface area contributed by atoms with Crippen LogP contribution >= 0.6 is 0 Å². The summed E-state index contributed by atoms with van der Waals surface area (Å²) < 4.78 is 5.78. The van der Waals surface area contributed by atoms with Crippen molar-refractivity contribution in [1.29, 1.82) is 0 Å². The van der Waals surface area contributed by atoms with Gasteiger partial charge in [0, 0.05) is 24.8 Å². The zero-order chi connectivity index (χ0) is 19.8. The molecule has 3 aromatic rings. The van der Waals surface area contributed by atoms with E-state index in [1.807, 2.05) is 73.6 Å². The van der Waals surface area contributed by atoms with Gasteiger partial charge in [0.2, 0.25) is 0 Å². The Labute approximate surface area is 164 Å². The summed E-state index contributed by atoms with van der Waals surface area (Å²) in [5.41, 5.74) is 1.15. The summed E-state index contributed by atoms with van der Waals surface area (Å²) in [7, 11) is 3.91. The molecule has 144 valence electrons. The van der Waals surface area contributed by atoms with E-state index < -0.39 is 0 Å². The summed E-state index contributed by atoms with van der Waals surface area (Å²) in [6, 6.07) is 18.7. The fourth-order valence-electron chi connectivity index (χ4n) is 2.41. The van der Waals surface area contributed by atoms with Gasteiger partial charge in [-0.15, -0.1) is 0 Å². The van der Waals surface area contributed by atoms with Gasteiger partial charge in [0.05, 0.1) is 0 Å². The van der Waals surface area contributed by atoms with Crippen LogP contribution in [-0.2, 0) is 0 Å². The van der Waals surface area contributed by atoms with E-state index in [0.717, 1.165) is 23.7 Å². The number of para-hydroxylation sites is 1. The molecule has 7 nitrogen and oxygen atoms in total. The van der Waals surface area contributed by atoms with Crippen LogP contribution in [0.5, 0.6) is 11.5 Å². The minimum Gasteiger partial charge on any atom is -0.457 e. The van der Waals surface area contributed by atoms with Crippen molar-refractivity contribution in [1.82, 2.24) is 20.2 Å². The lowest BCUT2D eigenvalue weighted by Crippen LogP contribution is -2.31. The molecule has 0 spiro atoms. The normalized spacial score (nSPS) is 10.5. The van der Waals surface area contributed by atoms with Crippen LogP contribution in [0.15, 0.2) is 67.0 Å². The number of hydrogen-bond acceptors (Lipinski definition) is 6. The highest BCUT2D eigenvalue weighted by atomic mass is 16.5. The van der Waals surface area contributed by atoms with Crippen molar-refractivity contribution in [3.8, 4) is 11.5 Å². The third-order valence-corrected chi connectivity index (χ3v) is 3.85. The number of aromatic nitrogens is 2. The van der Waals surface area contributed by atoms with E-state index in [0.29, 0.717) is 18.1 Å². The van der Waals surface area contributed by atoms with Crippen molar-refractivity contribution >= 4 is 17.4 Å². The van der Waals surface area contributed by atoms with E-state index in [1.165, 1.54) is 6.33 Å². The molecule has 28 heavy (non-hydrogen) atoms. The number of ether oxygens (including phenoxy) is 1. The van der Waals surface area contributed by atoms with Crippen molar-refractivity contribution in [2.75, 3.05) is 32.5 Å². The van der Waals surface area contributed by atoms with Crippen molar-refractivity contribution in [2.45, 2.75) is 0 Å². The van der Waals surface area contributed by atoms with Crippen LogP contribution in [0.2, 0.25) is 0 Å². The molecule has 0 aliphatic rings. The highest BCUT2D eigenvalue weighted by Crippen LogP contribution is 2.23. The number of likely N-dealkylation sites (N-methyl/N-ethyl adjacent to an activating group) is 1. The Hall–Kier alpha value is -3.45. The van der Waals surface area contributed by atoms with Crippen LogP contribution in [0.1, 0.15) is 10.5 Å². The molecular formula is C21H23N5O2. The number of anilines is 2. The first kappa shape index (κ1) is 19.3. The van der Waals surface area contributed by atoms with Crippen molar-refractivity contribution in [3.63, 3.8) is 0 Å². The molecule has 3 rings (SSSR count). The summed E-state index contributed by atoms with van der Waals surface area (Å²) in [6.45, 7) is 1.32. The molecule has 0 unspecified atom stereocenters. The Bertz CT molecular complexity index is 898. The van der Waals surface area contributed by atoms with Gasteiger partial charge in [0.15, 0.2) is 0 Å². The van der Waals surface area contributed by atoms with E-state index in [-0.39, 0.29) is 5.91 Å². The van der Waals surface area contributed by atoms with Gasteiger partial charge in [-0.2, -0.15) is 0 Å². The molecule has 7 heteroatoms. The smallest absolute Gasteiger partial charge is 0.270 e. The monoisotopic (exact) mass is 377 g/mol. The van der Waals surface area contributed by atoms with Crippen molar-refractivity contribution in [3.05, 3.63) is 72.7 Å². The Morgan fingerprint density at radius 1 is 1.00 bits per heavy atom. The van der Waals surface area contributed by atoms with Gasteiger partial charge >= 0.3 is 0 Å². The molecule has 0 radical (unpaired) electrons. The number of nitrogens with one attached hydrogen (secondary N) is 2. The van der Waals surface area contributed by atoms with Crippen LogP contribution < -0.4 is 15.4 Å². The standard InChI is InChI=1S/C21H23N5O2/c1-26(2)13-12-22-21(27)19-14-20(24-15-23-19)25-16-8-10-18(11-9-16)28-17-6-4-3-5-7-17/h3-11,14-15H,12-13H2,1-2H3,(H,22,27)(H,23,24,25). The van der Waals surface area contributed by atoms with Crippen molar-refractivity contribution in [2.24, 2.45) is 0 Å². The molecule has 0 fully saturated rings. The van der Waals surface area contributed by atoms with E-state index in [4.69, 9.17) is 4.74 Å². The second-order valence-electron chi connectivity index (χ2n) is 6.41. The Morgan fingerprint density at radius 3 is 2.43 bits per heavy atom. The number of rotatable bonds is 8. The van der Waals surface area contributed by atoms with E-state index in [2.05, 4.69) is 20.6 Å². The van der Waals surface area contributed by atoms with Crippen LogP contribution in [0.3, 0.4) is 0 Å². The maximum atomic E-state index is 12.2. The number of amides is 1. The predicted octanol–water partition coefficient (Wildman–Crippen LogP) is 3.30. The summed E-state index contributed by atoms with van der Waals surface area (Å²) >= 11 is 0. The van der Waals surface area contributed by atoms with Crippen LogP contribution in [0.25, 0.3) is 0 Å². The lowest BCUT2D eigenvalue weighted by atomic mass is 10.3. The first-order valence-corrected chi connectivity index (χ1v) is 8.95. The molecule has 1 amide bonds. The lowest BCUT2D eigenvalue weighted by Gasteiger charge is -2.11. The van der Waals surface area contributed by atoms with Gasteiger partial charge in [-0.1, -0.05) is 18.2 Å². The molecule has 1 heterocycles. The molecule has 0 saturated heterocycles. The molecule has 0 bridgehead atoms. The molecule has 0 saturated carbocycles. The molecular weight excluding hydrogens is 354 g/mol. The van der Waals surface area contributed by atoms with Crippen LogP contribution in [0, 0.1) is 0 Å². The fraction of sp³-hybridized carbons (Fsp3) is 0.190. The van der Waals surface area contributed by atoms with E-state index >= 15 is 0 Å². The van der Waals surface area contributed by atoms with Gasteiger partial charge in [-0.3, -0.25) is 4.79 Å². The average molecular weight is 377 g/mol. The minimum absolute atomic E-state index is 0.223. The van der Waals surface area contributed by atoms with Gasteiger partial charge in [-0.25, -0.2) is 9.97 Å². The Kier molecular flexibility index (Phi) is 6.54. The second-order valence-corrected chi connectivity index (χ2v) is 6.41. The first-order chi connectivity index (χ1) is 13.6. The summed E-state index contributed by atoms with van der Waals surface area (Å²) in [4.78, 5) is 22.4. The van der Waals surface area contributed by atoms with Gasteiger partial charge < -0.3 is 20.3 Å². The predicted molar refractivity (Wildman–Crippen MR) is 109 cm³/mol. The van der Waals surface area contributed by atoms with Crippen LogP contribution in [-0.4, -0.2) is 48.0 Å². The number of benzene rings is 2. The molecule has 2 N–H and O–H groups in total. The summed E-state index contributed by atoms with van der Waals surface area (Å²) in [5.74, 6) is 1.84. The first-order valence-electron chi connectivity index (χ1n) is 8.95. The summed E-state index contributed by atoms with van der Waals surface area (Å²) in [6.07, 6.45) is 1.37. The molecule has 0 aliphatic heterocycles. The molecule has 1 aromatic heterocycles. The number of carbonyl (C=O) groups is 1. The zero-order valence-corrected chi connectivity index (χ0v) is 15.9. The largest absolute Gasteiger partial charge is 0.457 e. The molecule has 2 aromatic carbocycles. The molecule has 0 aliphatic carbocycles. The van der Waals surface area contributed by atoms with Gasteiger partial charge in [0.1, 0.15) is 29.3 Å². The van der Waals surface area contributed by atoms with Gasteiger partial charge in [-0.05, 0) is 50.5 Å². The highest BCUT2D eigenvalue weighted by molar-refractivity contribution is 5.92.